The molecule has 1 aliphatic rings. The van der Waals surface area contributed by atoms with Crippen LogP contribution in [0.15, 0.2) is 36.5 Å². The van der Waals surface area contributed by atoms with E-state index in [1.54, 1.807) is 54.0 Å². The standard InChI is InChI=1S/C24H47NO2.C23H45NO3.C18H39N.C9H8O7.C6H10O3.2C6H14O2S2.C5H8O4.C4H2O3.CH4O.CH4.2H2/c1-3-5-6-7-8-9-10-11-12-13-14-15-16-17-18-19-22-25-24(27)21-20-23(26)4-2;1-3-4-5-6-7-8-9-10-11-12-13-14-15-16-17-18-21-24-22(25)19-20-23(26)27-2;1-2-3-4-5-6-7-8-9-10-11-12-13-14-15-16-17-18-19;10-6(1-2-7(11)12)5-16-9(15)4-3-8(13)14;1-2-5(7)3-4-6(8)9;2*1-9-3-5(7)6(8)4-10-2;1-9-5(8)3-2-4(6)7;5-3-1-2-4(6)7-3;1-2;;;/h3-22H2,1-2H3,(H,25,27);3-21H2,1-2H3,(H,24,25);2-19H2,1H3;1-4H,5H2,(H,11,12)(H,13,14);2-4H2,1H3,(H,8,9);2*5-8H,3-4H2,1-2H3;2-3H2,1H3,(H,6,7);1-2H;2H,1H3;1H4;2*1H/b;;;2-1-,4-3-;;;;;;;;;/i;;;;;;;;;;;1+2D;1+2. The number of methoxy groups -OCH3 is 2. The molecule has 30 nitrogen and oxygen atoms in total. The van der Waals surface area contributed by atoms with Crippen molar-refractivity contribution in [3.8, 4) is 0 Å². The van der Waals surface area contributed by atoms with E-state index in [0.717, 1.165) is 57.8 Å². The maximum Gasteiger partial charge on any atom is 0.338 e. The zero-order chi connectivity index (χ0) is 106. The van der Waals surface area contributed by atoms with Crippen molar-refractivity contribution in [3.63, 3.8) is 0 Å². The summed E-state index contributed by atoms with van der Waals surface area (Å²) >= 11 is 6.18. The first-order valence-electron chi connectivity index (χ1n) is 51.2. The Bertz CT molecular complexity index is 2710. The third kappa shape index (κ3) is 148. The van der Waals surface area contributed by atoms with Gasteiger partial charge in [0.1, 0.15) is 11.6 Å². The van der Waals surface area contributed by atoms with Crippen LogP contribution in [0, 0.1) is 0 Å². The summed E-state index contributed by atoms with van der Waals surface area (Å²) in [5.74, 6) is -5.60. The van der Waals surface area contributed by atoms with Crippen molar-refractivity contribution >= 4 is 130 Å². The molecular weight excluding hydrogens is 1840 g/mol. The lowest BCUT2D eigenvalue weighted by molar-refractivity contribution is -0.150. The molecule has 0 aromatic heterocycles. The second-order valence-corrected chi connectivity index (χ2v) is 36.3. The first-order chi connectivity index (χ1) is 66.3. The molecule has 0 aliphatic carbocycles. The van der Waals surface area contributed by atoms with E-state index >= 15 is 0 Å². The first kappa shape index (κ1) is 149. The Morgan fingerprint density at radius 2 is 0.606 bits per heavy atom. The fourth-order valence-corrected chi connectivity index (χ4v) is 14.4. The highest BCUT2D eigenvalue weighted by atomic mass is 32.2. The van der Waals surface area contributed by atoms with Crippen LogP contribution in [0.1, 0.15) is 419 Å². The minimum Gasteiger partial charge on any atom is -0.481 e. The van der Waals surface area contributed by atoms with Crippen LogP contribution in [-0.4, -0.2) is 249 Å². The minimum atomic E-state index is -1.32. The third-order valence-corrected chi connectivity index (χ3v) is 23.0. The zero-order valence-corrected chi connectivity index (χ0v) is 89.3. The normalized spacial score (nSPS) is 11.6. The molecule has 1 rings (SSSR count). The van der Waals surface area contributed by atoms with E-state index < -0.39 is 84.6 Å². The number of ether oxygens (including phenoxy) is 4. The molecule has 0 fully saturated rings. The number of Topliss-reactive ketones (excluding diaryl/α,β-unsaturated/α-hetero) is 2. The van der Waals surface area contributed by atoms with Crippen LogP contribution in [0.3, 0.4) is 0 Å². The average Bonchev–Trinajstić information content (AvgIpc) is 1.83. The highest BCUT2D eigenvalue weighted by molar-refractivity contribution is 7.99. The maximum atomic E-state index is 11.6. The predicted octanol–water partition coefficient (Wildman–Crippen LogP) is 21.1. The zero-order valence-electron chi connectivity index (χ0n) is 88.0. The Kier molecular flexibility index (Phi) is 138. The Balaban J connectivity index is -0.000000135. The van der Waals surface area contributed by atoms with Crippen LogP contribution in [0.2, 0.25) is 0 Å². The number of carbonyl (C=O) groups excluding carboxylic acids is 10. The van der Waals surface area contributed by atoms with Crippen molar-refractivity contribution in [2.45, 2.75) is 439 Å². The van der Waals surface area contributed by atoms with Crippen LogP contribution in [0.4, 0.5) is 0 Å². The molecule has 1 aliphatic heterocycles. The SMILES string of the molecule is C.CCC(=O)CCC(=O)O.CCCCCCCCCCCCCCCCCCN.CCCCCCCCCCCCCCCCCCNC(=O)CCC(=O)CC.CCCCCCCCCCCCCCCCCCNC(=O)CCC(=O)OC.CO.COC(=O)CCC(=O)O.CSCC(O)C(O)CSC.CSCC(O)C(O)CSC.O=C(O)/C=C\C(=O)COC(=O)/C=C\C(=O)O.O=C1C=CC(=O)O1.[2H][3H].[3HH]. The molecular formula is C103H199N3O27S4. The monoisotopic (exact) mass is 2040 g/mol. The molecule has 0 radical (unpaired) electrons. The number of aliphatic hydroxyl groups is 5. The number of aliphatic carboxylic acids is 4. The van der Waals surface area contributed by atoms with Crippen molar-refractivity contribution in [1.82, 2.24) is 10.6 Å². The number of carboxylic acids is 4. The van der Waals surface area contributed by atoms with Crippen molar-refractivity contribution in [1.29, 1.82) is 0 Å². The topological polar surface area (TPSA) is 508 Å². The number of carbonyl (C=O) groups is 14. The lowest BCUT2D eigenvalue weighted by Gasteiger charge is -2.14. The molecule has 4 unspecified atom stereocenters. The van der Waals surface area contributed by atoms with Crippen LogP contribution in [0.25, 0.3) is 0 Å². The quantitative estimate of drug-likeness (QED) is 0.00884. The van der Waals surface area contributed by atoms with Gasteiger partial charge in [-0.05, 0) is 56.9 Å². The highest BCUT2D eigenvalue weighted by Crippen LogP contribution is 2.18. The van der Waals surface area contributed by atoms with Gasteiger partial charge >= 0.3 is 53.7 Å². The van der Waals surface area contributed by atoms with Crippen molar-refractivity contribution in [2.75, 3.05) is 95.6 Å². The van der Waals surface area contributed by atoms with E-state index in [2.05, 4.69) is 50.4 Å². The van der Waals surface area contributed by atoms with Crippen LogP contribution < -0.4 is 16.4 Å². The van der Waals surface area contributed by atoms with Gasteiger partial charge in [-0.2, -0.15) is 47.0 Å². The molecule has 2 amide bonds. The second-order valence-electron chi connectivity index (χ2n) is 32.7. The number of carboxylic acid groups (broad SMARTS) is 4. The largest absolute Gasteiger partial charge is 0.481 e. The summed E-state index contributed by atoms with van der Waals surface area (Å²) in [6.07, 6.45) is 78.4. The van der Waals surface area contributed by atoms with E-state index in [1.807, 2.05) is 31.9 Å². The van der Waals surface area contributed by atoms with E-state index in [4.69, 9.17) is 54.7 Å². The summed E-state index contributed by atoms with van der Waals surface area (Å²) in [4.78, 5) is 147. The number of thioether (sulfide) groups is 4. The van der Waals surface area contributed by atoms with E-state index in [-0.39, 0.29) is 76.7 Å². The number of hydrogen-bond donors (Lipinski definition) is 12. The van der Waals surface area contributed by atoms with Gasteiger partial charge in [0.2, 0.25) is 11.8 Å². The van der Waals surface area contributed by atoms with Gasteiger partial charge in [-0.25, -0.2) is 24.0 Å². The summed E-state index contributed by atoms with van der Waals surface area (Å²) in [6.45, 7) is 12.1. The molecule has 0 saturated carbocycles. The minimum absolute atomic E-state index is 0. The fraction of sp³-hybridized carbons (Fsp3) is 0.806. The maximum absolute atomic E-state index is 11.6. The number of rotatable bonds is 80. The average molecular weight is 2050 g/mol. The lowest BCUT2D eigenvalue weighted by Crippen LogP contribution is -2.30. The number of aliphatic hydroxyl groups excluding tert-OH is 5. The number of amides is 2. The van der Waals surface area contributed by atoms with Gasteiger partial charge < -0.3 is 81.3 Å². The number of nitrogens with two attached hydrogens (primary N) is 1. The van der Waals surface area contributed by atoms with Crippen molar-refractivity contribution < 1.29 is 136 Å². The lowest BCUT2D eigenvalue weighted by atomic mass is 10.0. The molecule has 4 atom stereocenters. The van der Waals surface area contributed by atoms with Crippen molar-refractivity contribution in [2.24, 2.45) is 5.73 Å². The number of ketones is 3. The number of cyclic esters (lactones) is 2. The summed E-state index contributed by atoms with van der Waals surface area (Å²) in [5, 5.41) is 81.9. The molecule has 13 N–H and O–H groups in total. The smallest absolute Gasteiger partial charge is 0.338 e. The first-order valence-corrected chi connectivity index (χ1v) is 55.8. The summed E-state index contributed by atoms with van der Waals surface area (Å²) in [7, 11) is 3.57. The Morgan fingerprint density at radius 3 is 0.832 bits per heavy atom. The molecule has 137 heavy (non-hydrogen) atoms. The van der Waals surface area contributed by atoms with Crippen LogP contribution in [0.5, 0.6) is 0 Å². The van der Waals surface area contributed by atoms with E-state index in [9.17, 15) is 67.1 Å². The molecule has 0 bridgehead atoms. The summed E-state index contributed by atoms with van der Waals surface area (Å²) in [6, 6.07) is 0. The number of nitrogens with one attached hydrogen (secondary N) is 2. The van der Waals surface area contributed by atoms with Crippen LogP contribution in [-0.2, 0) is 86.1 Å². The summed E-state index contributed by atoms with van der Waals surface area (Å²) in [5.41, 5.74) is 5.48. The van der Waals surface area contributed by atoms with Gasteiger partial charge in [0.15, 0.2) is 12.4 Å². The molecule has 0 saturated heterocycles. The van der Waals surface area contributed by atoms with E-state index in [0.29, 0.717) is 66.9 Å². The van der Waals surface area contributed by atoms with Crippen molar-refractivity contribution in [3.05, 3.63) is 36.5 Å². The van der Waals surface area contributed by atoms with Gasteiger partial charge in [-0.1, -0.05) is 331 Å². The molecule has 812 valence electrons. The van der Waals surface area contributed by atoms with Gasteiger partial charge in [0.25, 0.3) is 0 Å². The number of esters is 5. The van der Waals surface area contributed by atoms with Gasteiger partial charge in [0.05, 0.1) is 64.3 Å². The fourth-order valence-electron chi connectivity index (χ4n) is 12.1. The molecule has 0 aromatic rings. The van der Waals surface area contributed by atoms with E-state index in [1.165, 1.54) is 310 Å². The highest BCUT2D eigenvalue weighted by Gasteiger charge is 2.16. The molecule has 0 spiro atoms. The Morgan fingerprint density at radius 1 is 0.372 bits per heavy atom. The predicted molar refractivity (Wildman–Crippen MR) is 567 cm³/mol. The molecule has 34 heteroatoms. The third-order valence-electron chi connectivity index (χ3n) is 20.3. The van der Waals surface area contributed by atoms with Gasteiger partial charge in [0, 0.05) is 117 Å². The van der Waals surface area contributed by atoms with Gasteiger partial charge in [-0.3, -0.25) is 43.2 Å². The molecule has 1 heterocycles. The Labute approximate surface area is 848 Å². The molecule has 0 aromatic carbocycles. The number of unbranched alkanes of at least 4 members (excludes halogenated alkanes) is 45. The number of hydrogen-bond acceptors (Lipinski definition) is 28. The van der Waals surface area contributed by atoms with Crippen LogP contribution >= 0.6 is 47.0 Å². The summed E-state index contributed by atoms with van der Waals surface area (Å²) < 4.78 is 27.0. The van der Waals surface area contributed by atoms with Gasteiger partial charge in [-0.15, -0.1) is 0 Å². The Hall–Kier alpha value is -6.24. The second kappa shape index (κ2) is 128.